The summed E-state index contributed by atoms with van der Waals surface area (Å²) in [5.41, 5.74) is 0.710. The highest BCUT2D eigenvalue weighted by atomic mass is 19.1. The average Bonchev–Trinajstić information content (AvgIpc) is 2.44. The van der Waals surface area contributed by atoms with Gasteiger partial charge in [0.15, 0.2) is 0 Å². The van der Waals surface area contributed by atoms with Crippen molar-refractivity contribution in [1.82, 2.24) is 0 Å². The maximum atomic E-state index is 13.6. The van der Waals surface area contributed by atoms with Crippen molar-refractivity contribution in [3.63, 3.8) is 0 Å². The highest BCUT2D eigenvalue weighted by Gasteiger charge is 2.16. The van der Waals surface area contributed by atoms with Gasteiger partial charge >= 0.3 is 0 Å². The SMILES string of the molecule is CCOc1ccccc1C(O)Cc1cc(F)ccc1F. The summed E-state index contributed by atoms with van der Waals surface area (Å²) in [6.07, 6.45) is -0.956. The van der Waals surface area contributed by atoms with Gasteiger partial charge in [0.2, 0.25) is 0 Å². The molecule has 2 aromatic carbocycles. The number of benzene rings is 2. The van der Waals surface area contributed by atoms with Gasteiger partial charge in [0.25, 0.3) is 0 Å². The van der Waals surface area contributed by atoms with Crippen molar-refractivity contribution in [3.8, 4) is 5.75 Å². The summed E-state index contributed by atoms with van der Waals surface area (Å²) < 4.78 is 32.1. The minimum atomic E-state index is -0.950. The van der Waals surface area contributed by atoms with E-state index in [2.05, 4.69) is 0 Å². The minimum absolute atomic E-state index is 0.00627. The Kier molecular flexibility index (Phi) is 4.69. The molecular formula is C16H16F2O2. The fraction of sp³-hybridized carbons (Fsp3) is 0.250. The monoisotopic (exact) mass is 278 g/mol. The molecule has 2 nitrogen and oxygen atoms in total. The van der Waals surface area contributed by atoms with Crippen LogP contribution in [0.3, 0.4) is 0 Å². The van der Waals surface area contributed by atoms with Gasteiger partial charge in [-0.05, 0) is 36.8 Å². The fourth-order valence-electron chi connectivity index (χ4n) is 2.06. The number of hydrogen-bond acceptors (Lipinski definition) is 2. The molecular weight excluding hydrogens is 262 g/mol. The molecule has 0 aromatic heterocycles. The summed E-state index contributed by atoms with van der Waals surface area (Å²) in [6, 6.07) is 10.2. The van der Waals surface area contributed by atoms with E-state index in [1.165, 1.54) is 0 Å². The molecule has 0 spiro atoms. The highest BCUT2D eigenvalue weighted by molar-refractivity contribution is 5.36. The molecule has 0 aliphatic carbocycles. The van der Waals surface area contributed by atoms with Gasteiger partial charge in [-0.3, -0.25) is 0 Å². The van der Waals surface area contributed by atoms with Crippen LogP contribution in [-0.4, -0.2) is 11.7 Å². The van der Waals surface area contributed by atoms with E-state index in [-0.39, 0.29) is 12.0 Å². The fourth-order valence-corrected chi connectivity index (χ4v) is 2.06. The van der Waals surface area contributed by atoms with Crippen molar-refractivity contribution in [3.05, 3.63) is 65.2 Å². The molecule has 1 atom stereocenters. The predicted molar refractivity (Wildman–Crippen MR) is 72.6 cm³/mol. The van der Waals surface area contributed by atoms with Crippen LogP contribution in [-0.2, 0) is 6.42 Å². The van der Waals surface area contributed by atoms with E-state index >= 15 is 0 Å². The summed E-state index contributed by atoms with van der Waals surface area (Å²) >= 11 is 0. The van der Waals surface area contributed by atoms with Gasteiger partial charge in [-0.15, -0.1) is 0 Å². The normalized spacial score (nSPS) is 12.2. The number of halogens is 2. The number of hydrogen-bond donors (Lipinski definition) is 1. The molecule has 0 amide bonds. The topological polar surface area (TPSA) is 29.5 Å². The lowest BCUT2D eigenvalue weighted by Crippen LogP contribution is -2.06. The Labute approximate surface area is 116 Å². The lowest BCUT2D eigenvalue weighted by molar-refractivity contribution is 0.171. The standard InChI is InChI=1S/C16H16F2O2/c1-2-20-16-6-4-3-5-13(16)15(19)10-11-9-12(17)7-8-14(11)18/h3-9,15,19H,2,10H2,1H3. The Balaban J connectivity index is 2.23. The lowest BCUT2D eigenvalue weighted by atomic mass is 10.00. The number of rotatable bonds is 5. The van der Waals surface area contributed by atoms with E-state index in [4.69, 9.17) is 4.74 Å². The third-order valence-electron chi connectivity index (χ3n) is 3.00. The molecule has 0 bridgehead atoms. The van der Waals surface area contributed by atoms with Crippen LogP contribution >= 0.6 is 0 Å². The van der Waals surface area contributed by atoms with E-state index in [1.54, 1.807) is 24.3 Å². The van der Waals surface area contributed by atoms with Crippen LogP contribution < -0.4 is 4.74 Å². The van der Waals surface area contributed by atoms with Gasteiger partial charge in [-0.1, -0.05) is 18.2 Å². The van der Waals surface area contributed by atoms with Gasteiger partial charge in [-0.2, -0.15) is 0 Å². The van der Waals surface area contributed by atoms with Gasteiger partial charge in [0, 0.05) is 12.0 Å². The predicted octanol–water partition coefficient (Wildman–Crippen LogP) is 3.64. The summed E-state index contributed by atoms with van der Waals surface area (Å²) in [6.45, 7) is 2.31. The molecule has 0 saturated carbocycles. The first-order chi connectivity index (χ1) is 9.61. The zero-order valence-electron chi connectivity index (χ0n) is 11.1. The third kappa shape index (κ3) is 3.33. The van der Waals surface area contributed by atoms with E-state index in [1.807, 2.05) is 6.92 Å². The van der Waals surface area contributed by atoms with Gasteiger partial charge in [-0.25, -0.2) is 8.78 Å². The number of para-hydroxylation sites is 1. The molecule has 0 fully saturated rings. The van der Waals surface area contributed by atoms with Crippen LogP contribution in [0.5, 0.6) is 5.75 Å². The molecule has 2 rings (SSSR count). The summed E-state index contributed by atoms with van der Waals surface area (Å²) in [5, 5.41) is 10.2. The Bertz CT molecular complexity index is 584. The molecule has 0 heterocycles. The second-order valence-electron chi connectivity index (χ2n) is 4.43. The van der Waals surface area contributed by atoms with Crippen molar-refractivity contribution in [2.45, 2.75) is 19.4 Å². The van der Waals surface area contributed by atoms with Crippen molar-refractivity contribution in [2.75, 3.05) is 6.61 Å². The van der Waals surface area contributed by atoms with Gasteiger partial charge in [0.05, 0.1) is 12.7 Å². The summed E-state index contributed by atoms with van der Waals surface area (Å²) in [7, 11) is 0. The van der Waals surface area contributed by atoms with Gasteiger partial charge in [0.1, 0.15) is 17.4 Å². The van der Waals surface area contributed by atoms with Crippen molar-refractivity contribution >= 4 is 0 Å². The Morgan fingerprint density at radius 1 is 1.15 bits per heavy atom. The number of aliphatic hydroxyl groups excluding tert-OH is 1. The molecule has 1 unspecified atom stereocenters. The molecule has 0 aliphatic heterocycles. The van der Waals surface area contributed by atoms with Crippen molar-refractivity contribution in [1.29, 1.82) is 0 Å². The Hall–Kier alpha value is -1.94. The first-order valence-corrected chi connectivity index (χ1v) is 6.45. The first-order valence-electron chi connectivity index (χ1n) is 6.45. The van der Waals surface area contributed by atoms with E-state index in [0.29, 0.717) is 17.9 Å². The van der Waals surface area contributed by atoms with Crippen molar-refractivity contribution in [2.24, 2.45) is 0 Å². The van der Waals surface area contributed by atoms with Crippen LogP contribution in [0.2, 0.25) is 0 Å². The maximum absolute atomic E-state index is 13.6. The molecule has 1 N–H and O–H groups in total. The van der Waals surface area contributed by atoms with Crippen LogP contribution in [0.1, 0.15) is 24.2 Å². The van der Waals surface area contributed by atoms with Crippen LogP contribution in [0.25, 0.3) is 0 Å². The molecule has 106 valence electrons. The van der Waals surface area contributed by atoms with Gasteiger partial charge < -0.3 is 9.84 Å². The zero-order chi connectivity index (χ0) is 14.5. The number of ether oxygens (including phenoxy) is 1. The molecule has 20 heavy (non-hydrogen) atoms. The average molecular weight is 278 g/mol. The quantitative estimate of drug-likeness (QED) is 0.904. The minimum Gasteiger partial charge on any atom is -0.493 e. The first kappa shape index (κ1) is 14.5. The molecule has 4 heteroatoms. The highest BCUT2D eigenvalue weighted by Crippen LogP contribution is 2.28. The van der Waals surface area contributed by atoms with E-state index < -0.39 is 17.7 Å². The third-order valence-corrected chi connectivity index (χ3v) is 3.00. The van der Waals surface area contributed by atoms with E-state index in [9.17, 15) is 13.9 Å². The zero-order valence-corrected chi connectivity index (χ0v) is 11.1. The lowest BCUT2D eigenvalue weighted by Gasteiger charge is -2.16. The second-order valence-corrected chi connectivity index (χ2v) is 4.43. The van der Waals surface area contributed by atoms with Crippen molar-refractivity contribution < 1.29 is 18.6 Å². The van der Waals surface area contributed by atoms with E-state index in [0.717, 1.165) is 18.2 Å². The summed E-state index contributed by atoms with van der Waals surface area (Å²) in [5.74, 6) is -0.495. The number of aliphatic hydroxyl groups is 1. The van der Waals surface area contributed by atoms with Crippen LogP contribution in [0.4, 0.5) is 8.78 Å². The molecule has 0 saturated heterocycles. The largest absolute Gasteiger partial charge is 0.493 e. The molecule has 0 radical (unpaired) electrons. The molecule has 2 aromatic rings. The Morgan fingerprint density at radius 3 is 2.65 bits per heavy atom. The van der Waals surface area contributed by atoms with Crippen LogP contribution in [0, 0.1) is 11.6 Å². The summed E-state index contributed by atoms with van der Waals surface area (Å²) in [4.78, 5) is 0. The maximum Gasteiger partial charge on any atom is 0.126 e. The second kappa shape index (κ2) is 6.48. The smallest absolute Gasteiger partial charge is 0.126 e. The molecule has 0 aliphatic rings. The Morgan fingerprint density at radius 2 is 1.90 bits per heavy atom. The van der Waals surface area contributed by atoms with Crippen LogP contribution in [0.15, 0.2) is 42.5 Å².